The lowest BCUT2D eigenvalue weighted by molar-refractivity contribution is 0.103. The summed E-state index contributed by atoms with van der Waals surface area (Å²) in [7, 11) is 0. The van der Waals surface area contributed by atoms with Gasteiger partial charge in [-0.1, -0.05) is 6.07 Å². The minimum Gasteiger partial charge on any atom is -0.338 e. The lowest BCUT2D eigenvalue weighted by Crippen LogP contribution is -2.28. The van der Waals surface area contributed by atoms with Crippen LogP contribution in [0.3, 0.4) is 0 Å². The lowest BCUT2D eigenvalue weighted by Gasteiger charge is -2.09. The summed E-state index contributed by atoms with van der Waals surface area (Å²) in [5, 5.41) is 8.90. The molecule has 3 N–H and O–H groups in total. The van der Waals surface area contributed by atoms with E-state index in [9.17, 15) is 14.0 Å². The van der Waals surface area contributed by atoms with Crippen LogP contribution in [0.5, 0.6) is 0 Å². The van der Waals surface area contributed by atoms with Crippen molar-refractivity contribution in [3.63, 3.8) is 0 Å². The number of carbonyl (C=O) groups is 2. The maximum Gasteiger partial charge on any atom is 0.319 e. The molecule has 0 atom stereocenters. The molecule has 0 aliphatic carbocycles. The number of carbonyl (C=O) groups excluding carboxylic acids is 2. The molecule has 5 nitrogen and oxygen atoms in total. The Bertz CT molecular complexity index is 984. The van der Waals surface area contributed by atoms with Crippen LogP contribution in [-0.2, 0) is 0 Å². The van der Waals surface area contributed by atoms with Crippen LogP contribution in [0, 0.1) is 12.7 Å². The molecule has 0 saturated carbocycles. The van der Waals surface area contributed by atoms with E-state index in [0.717, 1.165) is 15.6 Å². The molecule has 3 aromatic rings. The Morgan fingerprint density at radius 1 is 1.08 bits per heavy atom. The molecule has 26 heavy (non-hydrogen) atoms. The molecule has 0 bridgehead atoms. The smallest absolute Gasteiger partial charge is 0.319 e. The first kappa shape index (κ1) is 17.9. The van der Waals surface area contributed by atoms with Gasteiger partial charge in [-0.25, -0.2) is 9.18 Å². The first-order valence-corrected chi connectivity index (χ1v) is 8.94. The Labute approximate surface area is 154 Å². The molecule has 0 spiro atoms. The SMILES string of the molecule is CCNC(=O)Nc1cccc(NC(=O)c2sc3ccc(F)cc3c2C)c1. The molecule has 1 aromatic heterocycles. The Morgan fingerprint density at radius 2 is 1.81 bits per heavy atom. The average Bonchev–Trinajstić information content (AvgIpc) is 2.92. The second-order valence-corrected chi connectivity index (χ2v) is 6.77. The molecule has 3 rings (SSSR count). The normalized spacial score (nSPS) is 10.6. The van der Waals surface area contributed by atoms with Crippen molar-refractivity contribution in [2.45, 2.75) is 13.8 Å². The Morgan fingerprint density at radius 3 is 2.54 bits per heavy atom. The van der Waals surface area contributed by atoms with Crippen molar-refractivity contribution in [3.8, 4) is 0 Å². The number of aryl methyl sites for hydroxylation is 1. The molecule has 0 aliphatic rings. The zero-order valence-corrected chi connectivity index (χ0v) is 15.2. The van der Waals surface area contributed by atoms with E-state index in [1.165, 1.54) is 23.5 Å². The minimum atomic E-state index is -0.325. The van der Waals surface area contributed by atoms with Crippen LogP contribution in [0.4, 0.5) is 20.6 Å². The van der Waals surface area contributed by atoms with Gasteiger partial charge in [0.2, 0.25) is 0 Å². The summed E-state index contributed by atoms with van der Waals surface area (Å²) in [5.41, 5.74) is 1.88. The van der Waals surface area contributed by atoms with Gasteiger partial charge in [-0.2, -0.15) is 0 Å². The van der Waals surface area contributed by atoms with Crippen LogP contribution in [-0.4, -0.2) is 18.5 Å². The second-order valence-electron chi connectivity index (χ2n) is 5.72. The molecule has 2 aromatic carbocycles. The van der Waals surface area contributed by atoms with E-state index in [1.807, 2.05) is 6.92 Å². The summed E-state index contributed by atoms with van der Waals surface area (Å²) < 4.78 is 14.3. The van der Waals surface area contributed by atoms with Gasteiger partial charge in [0.25, 0.3) is 5.91 Å². The van der Waals surface area contributed by atoms with E-state index in [0.29, 0.717) is 22.8 Å². The van der Waals surface area contributed by atoms with E-state index < -0.39 is 0 Å². The number of anilines is 2. The molecular formula is C19H18FN3O2S. The van der Waals surface area contributed by atoms with Gasteiger partial charge in [0.1, 0.15) is 5.82 Å². The predicted molar refractivity (Wildman–Crippen MR) is 104 cm³/mol. The molecule has 134 valence electrons. The molecule has 3 amide bonds. The van der Waals surface area contributed by atoms with Crippen molar-refractivity contribution in [3.05, 3.63) is 58.7 Å². The van der Waals surface area contributed by atoms with E-state index in [-0.39, 0.29) is 17.8 Å². The van der Waals surface area contributed by atoms with Crippen molar-refractivity contribution < 1.29 is 14.0 Å². The topological polar surface area (TPSA) is 70.2 Å². The van der Waals surface area contributed by atoms with Crippen LogP contribution < -0.4 is 16.0 Å². The monoisotopic (exact) mass is 371 g/mol. The molecule has 0 aliphatic heterocycles. The van der Waals surface area contributed by atoms with E-state index in [2.05, 4.69) is 16.0 Å². The molecule has 0 saturated heterocycles. The highest BCUT2D eigenvalue weighted by Gasteiger charge is 2.16. The van der Waals surface area contributed by atoms with Crippen molar-refractivity contribution in [1.29, 1.82) is 0 Å². The summed E-state index contributed by atoms with van der Waals surface area (Å²) in [6.45, 7) is 4.16. The number of thiophene rings is 1. The van der Waals surface area contributed by atoms with Crippen LogP contribution in [0.1, 0.15) is 22.2 Å². The van der Waals surface area contributed by atoms with Gasteiger partial charge in [0.15, 0.2) is 0 Å². The average molecular weight is 371 g/mol. The van der Waals surface area contributed by atoms with Gasteiger partial charge in [-0.3, -0.25) is 4.79 Å². The number of amides is 3. The van der Waals surface area contributed by atoms with Gasteiger partial charge in [-0.15, -0.1) is 11.3 Å². The number of fused-ring (bicyclic) bond motifs is 1. The molecule has 0 radical (unpaired) electrons. The van der Waals surface area contributed by atoms with Gasteiger partial charge in [-0.05, 0) is 61.2 Å². The lowest BCUT2D eigenvalue weighted by atomic mass is 10.1. The van der Waals surface area contributed by atoms with Gasteiger partial charge in [0, 0.05) is 22.6 Å². The third-order valence-electron chi connectivity index (χ3n) is 3.82. The number of urea groups is 1. The van der Waals surface area contributed by atoms with Gasteiger partial charge in [0.05, 0.1) is 4.88 Å². The Balaban J connectivity index is 1.80. The van der Waals surface area contributed by atoms with Crippen molar-refractivity contribution in [2.75, 3.05) is 17.2 Å². The molecule has 0 fully saturated rings. The van der Waals surface area contributed by atoms with E-state index in [4.69, 9.17) is 0 Å². The predicted octanol–water partition coefficient (Wildman–Crippen LogP) is 4.74. The largest absolute Gasteiger partial charge is 0.338 e. The van der Waals surface area contributed by atoms with Crippen LogP contribution in [0.25, 0.3) is 10.1 Å². The molecule has 7 heteroatoms. The third kappa shape index (κ3) is 3.83. The highest BCUT2D eigenvalue weighted by Crippen LogP contribution is 2.32. The summed E-state index contributed by atoms with van der Waals surface area (Å²) in [5.74, 6) is -0.589. The first-order chi connectivity index (χ1) is 12.5. The zero-order chi connectivity index (χ0) is 18.7. The highest BCUT2D eigenvalue weighted by atomic mass is 32.1. The molecule has 0 unspecified atom stereocenters. The highest BCUT2D eigenvalue weighted by molar-refractivity contribution is 7.21. The van der Waals surface area contributed by atoms with Gasteiger partial charge < -0.3 is 16.0 Å². The fraction of sp³-hybridized carbons (Fsp3) is 0.158. The van der Waals surface area contributed by atoms with Crippen molar-refractivity contribution >= 4 is 44.7 Å². The van der Waals surface area contributed by atoms with Crippen LogP contribution in [0.2, 0.25) is 0 Å². The van der Waals surface area contributed by atoms with Gasteiger partial charge >= 0.3 is 6.03 Å². The molecular weight excluding hydrogens is 353 g/mol. The zero-order valence-electron chi connectivity index (χ0n) is 14.4. The van der Waals surface area contributed by atoms with E-state index in [1.54, 1.807) is 37.3 Å². The number of hydrogen-bond acceptors (Lipinski definition) is 3. The quantitative estimate of drug-likeness (QED) is 0.620. The Kier molecular flexibility index (Phi) is 5.18. The standard InChI is InChI=1S/C19H18FN3O2S/c1-3-21-19(25)23-14-6-4-5-13(10-14)22-18(24)17-11(2)15-9-12(20)7-8-16(15)26-17/h4-10H,3H2,1-2H3,(H,22,24)(H2,21,23,25). The summed E-state index contributed by atoms with van der Waals surface area (Å²) >= 11 is 1.32. The third-order valence-corrected chi connectivity index (χ3v) is 5.09. The summed E-state index contributed by atoms with van der Waals surface area (Å²) in [6.07, 6.45) is 0. The number of nitrogens with one attached hydrogen (secondary N) is 3. The number of rotatable bonds is 4. The van der Waals surface area contributed by atoms with E-state index >= 15 is 0 Å². The minimum absolute atomic E-state index is 0.265. The maximum absolute atomic E-state index is 13.4. The summed E-state index contributed by atoms with van der Waals surface area (Å²) in [4.78, 5) is 24.8. The first-order valence-electron chi connectivity index (χ1n) is 8.13. The summed E-state index contributed by atoms with van der Waals surface area (Å²) in [6, 6.07) is 11.1. The fourth-order valence-electron chi connectivity index (χ4n) is 2.61. The number of benzene rings is 2. The van der Waals surface area contributed by atoms with Crippen molar-refractivity contribution in [1.82, 2.24) is 5.32 Å². The van der Waals surface area contributed by atoms with Crippen molar-refractivity contribution in [2.24, 2.45) is 0 Å². The number of halogens is 1. The maximum atomic E-state index is 13.4. The van der Waals surface area contributed by atoms with Crippen LogP contribution >= 0.6 is 11.3 Å². The Hall–Kier alpha value is -2.93. The molecule has 1 heterocycles. The fourth-order valence-corrected chi connectivity index (χ4v) is 3.69. The van der Waals surface area contributed by atoms with Crippen LogP contribution in [0.15, 0.2) is 42.5 Å². The number of hydrogen-bond donors (Lipinski definition) is 3. The second kappa shape index (κ2) is 7.53.